The van der Waals surface area contributed by atoms with E-state index in [0.29, 0.717) is 0 Å². The van der Waals surface area contributed by atoms with Crippen LogP contribution in [-0.4, -0.2) is 0 Å². The van der Waals surface area contributed by atoms with E-state index >= 15 is 0 Å². The number of benzene rings is 7. The van der Waals surface area contributed by atoms with E-state index in [1.807, 2.05) is 0 Å². The van der Waals surface area contributed by atoms with E-state index in [4.69, 9.17) is 0 Å². The van der Waals surface area contributed by atoms with Gasteiger partial charge >= 0.3 is 0 Å². The van der Waals surface area contributed by atoms with E-state index in [1.165, 1.54) is 66.4 Å². The first-order valence-corrected chi connectivity index (χ1v) is 16.0. The Hall–Kier alpha value is -5.20. The lowest BCUT2D eigenvalue weighted by Crippen LogP contribution is -2.17. The van der Waals surface area contributed by atoms with Crippen LogP contribution in [0.3, 0.4) is 0 Å². The molecule has 7 aromatic rings. The summed E-state index contributed by atoms with van der Waals surface area (Å²) in [7, 11) is 0. The molecule has 0 aliphatic heterocycles. The molecular formula is C45H36. The van der Waals surface area contributed by atoms with E-state index in [-0.39, 0.29) is 17.3 Å². The van der Waals surface area contributed by atoms with Gasteiger partial charge in [0.2, 0.25) is 0 Å². The molecule has 7 aromatic carbocycles. The molecule has 1 aliphatic carbocycles. The van der Waals surface area contributed by atoms with Gasteiger partial charge in [-0.15, -0.1) is 0 Å². The standard InChI is InChI=1S/C45H36/c1-45(2)40-29-35(42(31-17-7-3-8-18-31)32-19-9-4-10-20-32)27-28-38(40)44-37-26-16-15-25-36(37)39(30-41(44)45)43(33-21-11-5-12-22-33)34-23-13-6-14-24-34/h3-30,42-43H,1-2H3. The minimum Gasteiger partial charge on any atom is -0.0622 e. The van der Waals surface area contributed by atoms with Crippen molar-refractivity contribution in [2.45, 2.75) is 31.1 Å². The molecule has 0 heteroatoms. The van der Waals surface area contributed by atoms with Crippen LogP contribution < -0.4 is 0 Å². The molecule has 0 aromatic heterocycles. The van der Waals surface area contributed by atoms with Crippen molar-refractivity contribution in [3.63, 3.8) is 0 Å². The summed E-state index contributed by atoms with van der Waals surface area (Å²) in [6, 6.07) is 62.7. The maximum Gasteiger partial charge on any atom is 0.0346 e. The second-order valence-corrected chi connectivity index (χ2v) is 12.9. The maximum absolute atomic E-state index is 2.54. The monoisotopic (exact) mass is 576 g/mol. The minimum atomic E-state index is -0.157. The fourth-order valence-corrected chi connectivity index (χ4v) is 7.76. The lowest BCUT2D eigenvalue weighted by Gasteiger charge is -2.27. The van der Waals surface area contributed by atoms with E-state index in [2.05, 4.69) is 184 Å². The van der Waals surface area contributed by atoms with Crippen molar-refractivity contribution in [2.75, 3.05) is 0 Å². The highest BCUT2D eigenvalue weighted by atomic mass is 14.4. The van der Waals surface area contributed by atoms with Crippen LogP contribution in [0.2, 0.25) is 0 Å². The molecule has 0 amide bonds. The Bertz CT molecular complexity index is 2030. The van der Waals surface area contributed by atoms with Gasteiger partial charge in [0.05, 0.1) is 0 Å². The molecule has 0 spiro atoms. The summed E-state index contributed by atoms with van der Waals surface area (Å²) in [5.74, 6) is 0.309. The molecule has 0 unspecified atom stereocenters. The molecule has 0 N–H and O–H groups in total. The SMILES string of the molecule is CC1(C)c2cc(C(c3ccccc3)c3ccccc3)ccc2-c2c1cc(C(c1ccccc1)c1ccccc1)c1ccccc21. The summed E-state index contributed by atoms with van der Waals surface area (Å²) in [6.07, 6.45) is 0. The second-order valence-electron chi connectivity index (χ2n) is 12.9. The molecule has 0 saturated heterocycles. The van der Waals surface area contributed by atoms with E-state index in [1.54, 1.807) is 0 Å². The van der Waals surface area contributed by atoms with Crippen LogP contribution in [0, 0.1) is 0 Å². The quantitative estimate of drug-likeness (QED) is 0.173. The molecular weight excluding hydrogens is 540 g/mol. The average Bonchev–Trinajstić information content (AvgIpc) is 3.32. The Morgan fingerprint density at radius 3 is 1.33 bits per heavy atom. The summed E-state index contributed by atoms with van der Waals surface area (Å²) >= 11 is 0. The minimum absolute atomic E-state index is 0.137. The normalized spacial score (nSPS) is 13.2. The Labute approximate surface area is 266 Å². The van der Waals surface area contributed by atoms with Crippen LogP contribution in [-0.2, 0) is 5.41 Å². The van der Waals surface area contributed by atoms with Gasteiger partial charge in [0.15, 0.2) is 0 Å². The topological polar surface area (TPSA) is 0 Å². The highest BCUT2D eigenvalue weighted by molar-refractivity contribution is 6.04. The molecule has 1 aliphatic rings. The van der Waals surface area contributed by atoms with Crippen LogP contribution >= 0.6 is 0 Å². The lowest BCUT2D eigenvalue weighted by molar-refractivity contribution is 0.658. The van der Waals surface area contributed by atoms with Gasteiger partial charge in [0, 0.05) is 17.3 Å². The highest BCUT2D eigenvalue weighted by Crippen LogP contribution is 2.54. The Morgan fingerprint density at radius 1 is 0.378 bits per heavy atom. The van der Waals surface area contributed by atoms with Crippen LogP contribution in [0.15, 0.2) is 170 Å². The van der Waals surface area contributed by atoms with Gasteiger partial charge in [0.1, 0.15) is 0 Å². The smallest absolute Gasteiger partial charge is 0.0346 e. The first-order valence-electron chi connectivity index (χ1n) is 16.0. The predicted molar refractivity (Wildman–Crippen MR) is 189 cm³/mol. The third kappa shape index (κ3) is 4.61. The molecule has 45 heavy (non-hydrogen) atoms. The summed E-state index contributed by atoms with van der Waals surface area (Å²) < 4.78 is 0. The Morgan fingerprint density at radius 2 is 0.822 bits per heavy atom. The third-order valence-electron chi connectivity index (χ3n) is 9.91. The van der Waals surface area contributed by atoms with Gasteiger partial charge in [-0.3, -0.25) is 0 Å². The molecule has 0 atom stereocenters. The van der Waals surface area contributed by atoms with E-state index in [9.17, 15) is 0 Å². The van der Waals surface area contributed by atoms with E-state index < -0.39 is 0 Å². The van der Waals surface area contributed by atoms with Crippen molar-refractivity contribution in [3.8, 4) is 11.1 Å². The summed E-state index contributed by atoms with van der Waals surface area (Å²) in [4.78, 5) is 0. The molecule has 8 rings (SSSR count). The summed E-state index contributed by atoms with van der Waals surface area (Å²) in [5.41, 5.74) is 13.4. The second kappa shape index (κ2) is 11.1. The van der Waals surface area contributed by atoms with Gasteiger partial charge in [-0.1, -0.05) is 184 Å². The van der Waals surface area contributed by atoms with Gasteiger partial charge in [-0.05, 0) is 66.4 Å². The maximum atomic E-state index is 2.54. The van der Waals surface area contributed by atoms with Gasteiger partial charge in [-0.25, -0.2) is 0 Å². The Balaban J connectivity index is 1.35. The van der Waals surface area contributed by atoms with Crippen LogP contribution in [0.4, 0.5) is 0 Å². The van der Waals surface area contributed by atoms with Crippen molar-refractivity contribution in [2.24, 2.45) is 0 Å². The van der Waals surface area contributed by atoms with Crippen LogP contribution in [0.1, 0.15) is 70.2 Å². The molecule has 0 saturated carbocycles. The van der Waals surface area contributed by atoms with Gasteiger partial charge in [-0.2, -0.15) is 0 Å². The third-order valence-corrected chi connectivity index (χ3v) is 9.91. The van der Waals surface area contributed by atoms with Crippen molar-refractivity contribution < 1.29 is 0 Å². The molecule has 0 fully saturated rings. The predicted octanol–water partition coefficient (Wildman–Crippen LogP) is 11.5. The van der Waals surface area contributed by atoms with Crippen molar-refractivity contribution in [1.29, 1.82) is 0 Å². The molecule has 0 nitrogen and oxygen atoms in total. The van der Waals surface area contributed by atoms with Gasteiger partial charge < -0.3 is 0 Å². The zero-order valence-corrected chi connectivity index (χ0v) is 25.8. The lowest BCUT2D eigenvalue weighted by atomic mass is 9.76. The zero-order chi connectivity index (χ0) is 30.4. The summed E-state index contributed by atoms with van der Waals surface area (Å²) in [6.45, 7) is 4.83. The number of hydrogen-bond acceptors (Lipinski definition) is 0. The fourth-order valence-electron chi connectivity index (χ4n) is 7.76. The van der Waals surface area contributed by atoms with Crippen LogP contribution in [0.5, 0.6) is 0 Å². The average molecular weight is 577 g/mol. The first kappa shape index (κ1) is 27.4. The number of hydrogen-bond donors (Lipinski definition) is 0. The summed E-state index contributed by atoms with van der Waals surface area (Å²) in [5, 5.41) is 2.66. The van der Waals surface area contributed by atoms with Gasteiger partial charge in [0.25, 0.3) is 0 Å². The zero-order valence-electron chi connectivity index (χ0n) is 25.8. The van der Waals surface area contributed by atoms with Crippen molar-refractivity contribution in [1.82, 2.24) is 0 Å². The molecule has 216 valence electrons. The largest absolute Gasteiger partial charge is 0.0622 e. The van der Waals surface area contributed by atoms with Crippen molar-refractivity contribution in [3.05, 3.63) is 214 Å². The van der Waals surface area contributed by atoms with E-state index in [0.717, 1.165) is 0 Å². The molecule has 0 radical (unpaired) electrons. The van der Waals surface area contributed by atoms with Crippen LogP contribution in [0.25, 0.3) is 21.9 Å². The fraction of sp³-hybridized carbons (Fsp3) is 0.111. The number of fused-ring (bicyclic) bond motifs is 5. The number of rotatable bonds is 6. The van der Waals surface area contributed by atoms with Crippen molar-refractivity contribution >= 4 is 10.8 Å². The molecule has 0 bridgehead atoms. The molecule has 0 heterocycles. The highest BCUT2D eigenvalue weighted by Gasteiger charge is 2.38. The first-order chi connectivity index (χ1) is 22.1. The Kier molecular flexibility index (Phi) is 6.72.